The second-order valence-electron chi connectivity index (χ2n) is 7.34. The topological polar surface area (TPSA) is 86.8 Å². The Morgan fingerprint density at radius 3 is 2.47 bits per heavy atom. The lowest BCUT2D eigenvalue weighted by Gasteiger charge is -2.28. The maximum Gasteiger partial charge on any atom is 0.254 e. The summed E-state index contributed by atoms with van der Waals surface area (Å²) < 4.78 is 9.52. The predicted molar refractivity (Wildman–Crippen MR) is 114 cm³/mol. The Hall–Kier alpha value is -3.04. The molecule has 0 N–H and O–H groups in total. The van der Waals surface area contributed by atoms with E-state index in [1.165, 1.54) is 0 Å². The van der Waals surface area contributed by atoms with Gasteiger partial charge in [-0.05, 0) is 31.0 Å². The predicted octanol–water partition coefficient (Wildman–Crippen LogP) is 2.67. The summed E-state index contributed by atoms with van der Waals surface area (Å²) in [6, 6.07) is 6.29. The van der Waals surface area contributed by atoms with E-state index in [9.17, 15) is 0 Å². The van der Waals surface area contributed by atoms with Gasteiger partial charge in [0, 0.05) is 49.5 Å². The van der Waals surface area contributed by atoms with Gasteiger partial charge in [-0.2, -0.15) is 15.1 Å². The maximum atomic E-state index is 5.55. The van der Waals surface area contributed by atoms with Gasteiger partial charge < -0.3 is 14.2 Å². The molecule has 0 spiro atoms. The smallest absolute Gasteiger partial charge is 0.254 e. The third-order valence-electron chi connectivity index (χ3n) is 5.38. The molecule has 1 aliphatic carbocycles. The molecule has 154 valence electrons. The minimum atomic E-state index is 0. The molecule has 10 heteroatoms. The number of anilines is 1. The van der Waals surface area contributed by atoms with Crippen LogP contribution < -0.4 is 4.90 Å². The molecule has 6 rings (SSSR count). The van der Waals surface area contributed by atoms with Gasteiger partial charge in [0.05, 0.1) is 13.2 Å². The van der Waals surface area contributed by atoms with E-state index in [0.29, 0.717) is 25.2 Å². The van der Waals surface area contributed by atoms with Crippen LogP contribution in [0, 0.1) is 0 Å². The van der Waals surface area contributed by atoms with Crippen LogP contribution in [0.25, 0.3) is 28.5 Å². The van der Waals surface area contributed by atoms with Gasteiger partial charge in [-0.25, -0.2) is 9.67 Å². The lowest BCUT2D eigenvalue weighted by molar-refractivity contribution is 0.122. The van der Waals surface area contributed by atoms with Crippen molar-refractivity contribution in [2.24, 2.45) is 0 Å². The van der Waals surface area contributed by atoms with Gasteiger partial charge in [-0.15, -0.1) is 12.4 Å². The molecule has 0 amide bonds. The molecule has 30 heavy (non-hydrogen) atoms. The van der Waals surface area contributed by atoms with E-state index in [4.69, 9.17) is 19.7 Å². The molecule has 1 saturated carbocycles. The van der Waals surface area contributed by atoms with Crippen LogP contribution in [0.2, 0.25) is 0 Å². The van der Waals surface area contributed by atoms with Gasteiger partial charge >= 0.3 is 0 Å². The largest absolute Gasteiger partial charge is 0.378 e. The summed E-state index contributed by atoms with van der Waals surface area (Å²) in [6.07, 6.45) is 9.48. The number of aromatic nitrogens is 7. The van der Waals surface area contributed by atoms with Crippen LogP contribution in [-0.4, -0.2) is 60.6 Å². The molecular formula is C20H21ClN8O. The Bertz CT molecular complexity index is 1150. The molecule has 2 fully saturated rings. The molecule has 0 aromatic carbocycles. The van der Waals surface area contributed by atoms with Crippen molar-refractivity contribution in [1.29, 1.82) is 0 Å². The number of morpholine rings is 1. The summed E-state index contributed by atoms with van der Waals surface area (Å²) in [6.45, 7) is 2.93. The second kappa shape index (κ2) is 7.66. The first-order chi connectivity index (χ1) is 14.4. The zero-order valence-corrected chi connectivity index (χ0v) is 17.1. The number of nitrogens with zero attached hydrogens (tertiary/aromatic N) is 8. The Balaban J connectivity index is 0.00000193. The number of hydrogen-bond acceptors (Lipinski definition) is 7. The second-order valence-corrected chi connectivity index (χ2v) is 7.34. The zero-order valence-electron chi connectivity index (χ0n) is 16.3. The first-order valence-corrected chi connectivity index (χ1v) is 9.91. The zero-order chi connectivity index (χ0) is 19.2. The number of fused-ring (bicyclic) bond motifs is 1. The van der Waals surface area contributed by atoms with Crippen LogP contribution in [-0.2, 0) is 4.74 Å². The van der Waals surface area contributed by atoms with Crippen LogP contribution in [0.3, 0.4) is 0 Å². The van der Waals surface area contributed by atoms with Gasteiger partial charge in [-0.3, -0.25) is 4.98 Å². The molecule has 2 aliphatic rings. The van der Waals surface area contributed by atoms with Gasteiger partial charge in [0.15, 0.2) is 17.0 Å². The highest BCUT2D eigenvalue weighted by molar-refractivity contribution is 5.88. The van der Waals surface area contributed by atoms with Gasteiger partial charge in [0.1, 0.15) is 5.82 Å². The van der Waals surface area contributed by atoms with Crippen molar-refractivity contribution in [3.05, 3.63) is 43.0 Å². The highest BCUT2D eigenvalue weighted by Crippen LogP contribution is 2.42. The van der Waals surface area contributed by atoms with Crippen molar-refractivity contribution in [3.8, 4) is 17.3 Å². The van der Waals surface area contributed by atoms with Crippen molar-refractivity contribution in [2.75, 3.05) is 31.2 Å². The quantitative estimate of drug-likeness (QED) is 0.497. The van der Waals surface area contributed by atoms with E-state index >= 15 is 0 Å². The summed E-state index contributed by atoms with van der Waals surface area (Å²) in [5, 5.41) is 4.35. The summed E-state index contributed by atoms with van der Waals surface area (Å²) in [4.78, 5) is 21.2. The van der Waals surface area contributed by atoms with Gasteiger partial charge in [-0.1, -0.05) is 0 Å². The lowest BCUT2D eigenvalue weighted by atomic mass is 10.2. The van der Waals surface area contributed by atoms with E-state index in [2.05, 4.69) is 19.5 Å². The summed E-state index contributed by atoms with van der Waals surface area (Å²) in [5.74, 6) is 2.33. The summed E-state index contributed by atoms with van der Waals surface area (Å²) >= 11 is 0. The van der Waals surface area contributed by atoms with E-state index in [0.717, 1.165) is 54.3 Å². The number of pyridine rings is 1. The average Bonchev–Trinajstić information content (AvgIpc) is 3.32. The van der Waals surface area contributed by atoms with E-state index in [1.807, 2.05) is 24.4 Å². The lowest BCUT2D eigenvalue weighted by Crippen LogP contribution is -2.37. The molecule has 4 aromatic rings. The first kappa shape index (κ1) is 19.0. The van der Waals surface area contributed by atoms with Crippen LogP contribution >= 0.6 is 12.4 Å². The minimum absolute atomic E-state index is 0. The fraction of sp³-hybridized carbons (Fsp3) is 0.350. The molecule has 0 bridgehead atoms. The highest BCUT2D eigenvalue weighted by Gasteiger charge is 2.32. The number of halogens is 1. The molecule has 0 unspecified atom stereocenters. The Labute approximate surface area is 179 Å². The minimum Gasteiger partial charge on any atom is -0.378 e. The molecule has 0 radical (unpaired) electrons. The van der Waals surface area contributed by atoms with Crippen molar-refractivity contribution in [2.45, 2.75) is 18.9 Å². The summed E-state index contributed by atoms with van der Waals surface area (Å²) in [7, 11) is 0. The Morgan fingerprint density at radius 1 is 0.967 bits per heavy atom. The van der Waals surface area contributed by atoms with Crippen LogP contribution in [0.5, 0.6) is 0 Å². The molecule has 0 atom stereocenters. The first-order valence-electron chi connectivity index (χ1n) is 9.91. The highest BCUT2D eigenvalue weighted by atomic mass is 35.5. The molecule has 5 heterocycles. The Morgan fingerprint density at radius 2 is 1.77 bits per heavy atom. The van der Waals surface area contributed by atoms with Crippen molar-refractivity contribution >= 4 is 29.4 Å². The van der Waals surface area contributed by atoms with E-state index in [-0.39, 0.29) is 12.4 Å². The fourth-order valence-corrected chi connectivity index (χ4v) is 3.82. The normalized spacial score (nSPS) is 16.6. The van der Waals surface area contributed by atoms with Crippen molar-refractivity contribution in [3.63, 3.8) is 0 Å². The van der Waals surface area contributed by atoms with E-state index in [1.54, 1.807) is 23.3 Å². The number of hydrogen-bond donors (Lipinski definition) is 0. The Kier molecular flexibility index (Phi) is 4.84. The number of imidazole rings is 1. The van der Waals surface area contributed by atoms with Gasteiger partial charge in [0.25, 0.3) is 5.95 Å². The van der Waals surface area contributed by atoms with Crippen LogP contribution in [0.15, 0.2) is 43.0 Å². The van der Waals surface area contributed by atoms with E-state index < -0.39 is 0 Å². The third kappa shape index (κ3) is 3.20. The molecule has 4 aromatic heterocycles. The van der Waals surface area contributed by atoms with Gasteiger partial charge in [0.2, 0.25) is 0 Å². The van der Waals surface area contributed by atoms with Crippen molar-refractivity contribution < 1.29 is 4.74 Å². The third-order valence-corrected chi connectivity index (χ3v) is 5.38. The standard InChI is InChI=1S/C20H20N8O.ClH/c1-6-22-27(9-1)20-24-18(26-10-12-29-13-11-26)16-19(25-20)28(15-2-3-15)17(23-16)14-4-7-21-8-5-14;/h1,4-9,15H,2-3,10-13H2;1H. The van der Waals surface area contributed by atoms with Crippen LogP contribution in [0.4, 0.5) is 5.82 Å². The number of ether oxygens (including phenoxy) is 1. The SMILES string of the molecule is Cl.c1cnn(-c2nc(N3CCOCC3)c3nc(-c4ccncc4)n(C4CC4)c3n2)c1. The maximum absolute atomic E-state index is 5.55. The molecular weight excluding hydrogens is 404 g/mol. The monoisotopic (exact) mass is 424 g/mol. The molecule has 1 saturated heterocycles. The van der Waals surface area contributed by atoms with Crippen LogP contribution in [0.1, 0.15) is 18.9 Å². The fourth-order valence-electron chi connectivity index (χ4n) is 3.82. The molecule has 9 nitrogen and oxygen atoms in total. The molecule has 1 aliphatic heterocycles. The average molecular weight is 425 g/mol. The van der Waals surface area contributed by atoms with Crippen molar-refractivity contribution in [1.82, 2.24) is 34.3 Å². The summed E-state index contributed by atoms with van der Waals surface area (Å²) in [5.41, 5.74) is 2.74. The number of rotatable bonds is 4.